The minimum Gasteiger partial charge on any atom is -0.310 e. The SMILES string of the molecule is O=C(C1CCCN1)N1CC2(CCC2)c2c(F)cccc21. The molecule has 106 valence electrons. The zero-order chi connectivity index (χ0) is 13.7. The molecule has 1 amide bonds. The quantitative estimate of drug-likeness (QED) is 0.852. The standard InChI is InChI=1S/C16H19FN2O/c17-11-4-1-6-13-14(11)16(7-3-8-16)10-19(13)15(20)12-5-2-9-18-12/h1,4,6,12,18H,2-3,5,7-10H2. The summed E-state index contributed by atoms with van der Waals surface area (Å²) in [4.78, 5) is 14.5. The van der Waals surface area contributed by atoms with E-state index in [0.29, 0.717) is 6.54 Å². The molecular weight excluding hydrogens is 255 g/mol. The lowest BCUT2D eigenvalue weighted by Gasteiger charge is -2.39. The summed E-state index contributed by atoms with van der Waals surface area (Å²) in [5, 5.41) is 3.26. The Morgan fingerprint density at radius 3 is 2.85 bits per heavy atom. The average Bonchev–Trinajstić information content (AvgIpc) is 3.03. The van der Waals surface area contributed by atoms with Crippen molar-refractivity contribution in [2.24, 2.45) is 0 Å². The number of carbonyl (C=O) groups excluding carboxylic acids is 1. The maximum atomic E-state index is 14.3. The van der Waals surface area contributed by atoms with Crippen LogP contribution < -0.4 is 10.2 Å². The van der Waals surface area contributed by atoms with Crippen LogP contribution in [0.25, 0.3) is 0 Å². The molecule has 2 heterocycles. The van der Waals surface area contributed by atoms with Gasteiger partial charge in [0.15, 0.2) is 0 Å². The van der Waals surface area contributed by atoms with E-state index in [0.717, 1.165) is 49.9 Å². The summed E-state index contributed by atoms with van der Waals surface area (Å²) in [7, 11) is 0. The second kappa shape index (κ2) is 4.29. The van der Waals surface area contributed by atoms with Crippen LogP contribution in [0.1, 0.15) is 37.7 Å². The van der Waals surface area contributed by atoms with Gasteiger partial charge in [0, 0.05) is 17.5 Å². The molecule has 1 atom stereocenters. The maximum absolute atomic E-state index is 14.3. The summed E-state index contributed by atoms with van der Waals surface area (Å²) in [6, 6.07) is 5.06. The van der Waals surface area contributed by atoms with Gasteiger partial charge in [0.2, 0.25) is 5.91 Å². The van der Waals surface area contributed by atoms with Gasteiger partial charge in [-0.15, -0.1) is 0 Å². The predicted molar refractivity (Wildman–Crippen MR) is 75.3 cm³/mol. The minimum absolute atomic E-state index is 0.0821. The smallest absolute Gasteiger partial charge is 0.244 e. The number of carbonyl (C=O) groups is 1. The van der Waals surface area contributed by atoms with Gasteiger partial charge in [-0.25, -0.2) is 4.39 Å². The van der Waals surface area contributed by atoms with Crippen molar-refractivity contribution in [3.05, 3.63) is 29.6 Å². The third-order valence-corrected chi connectivity index (χ3v) is 5.21. The first-order valence-electron chi connectivity index (χ1n) is 7.55. The number of hydrogen-bond donors (Lipinski definition) is 1. The topological polar surface area (TPSA) is 32.3 Å². The van der Waals surface area contributed by atoms with E-state index in [-0.39, 0.29) is 23.2 Å². The molecule has 2 aliphatic heterocycles. The van der Waals surface area contributed by atoms with Crippen LogP contribution in [0.5, 0.6) is 0 Å². The zero-order valence-corrected chi connectivity index (χ0v) is 11.5. The molecule has 4 rings (SSSR count). The van der Waals surface area contributed by atoms with Crippen molar-refractivity contribution in [2.75, 3.05) is 18.0 Å². The van der Waals surface area contributed by atoms with Crippen molar-refractivity contribution in [3.63, 3.8) is 0 Å². The molecule has 1 aromatic rings. The van der Waals surface area contributed by atoms with Gasteiger partial charge in [0.25, 0.3) is 0 Å². The zero-order valence-electron chi connectivity index (χ0n) is 11.5. The van der Waals surface area contributed by atoms with E-state index < -0.39 is 0 Å². The molecule has 20 heavy (non-hydrogen) atoms. The second-order valence-electron chi connectivity index (χ2n) is 6.34. The molecule has 1 unspecified atom stereocenters. The fourth-order valence-electron chi connectivity index (χ4n) is 4.02. The van der Waals surface area contributed by atoms with Crippen LogP contribution in [-0.4, -0.2) is 25.0 Å². The Morgan fingerprint density at radius 2 is 2.20 bits per heavy atom. The van der Waals surface area contributed by atoms with E-state index in [1.54, 1.807) is 6.07 Å². The predicted octanol–water partition coefficient (Wildman–Crippen LogP) is 2.35. The molecule has 1 saturated carbocycles. The van der Waals surface area contributed by atoms with Crippen molar-refractivity contribution in [1.29, 1.82) is 0 Å². The van der Waals surface area contributed by atoms with Crippen LogP contribution in [0, 0.1) is 5.82 Å². The molecule has 1 N–H and O–H groups in total. The monoisotopic (exact) mass is 274 g/mol. The van der Waals surface area contributed by atoms with Gasteiger partial charge in [-0.1, -0.05) is 12.5 Å². The highest BCUT2D eigenvalue weighted by Gasteiger charge is 2.50. The van der Waals surface area contributed by atoms with Crippen LogP contribution in [0.15, 0.2) is 18.2 Å². The number of rotatable bonds is 1. The van der Waals surface area contributed by atoms with Crippen molar-refractivity contribution in [2.45, 2.75) is 43.6 Å². The molecule has 2 fully saturated rings. The van der Waals surface area contributed by atoms with E-state index in [9.17, 15) is 9.18 Å². The van der Waals surface area contributed by atoms with Gasteiger partial charge in [-0.3, -0.25) is 4.79 Å². The fourth-order valence-corrected chi connectivity index (χ4v) is 4.02. The highest BCUT2D eigenvalue weighted by Crippen LogP contribution is 2.53. The van der Waals surface area contributed by atoms with E-state index in [1.807, 2.05) is 11.0 Å². The van der Waals surface area contributed by atoms with Crippen LogP contribution in [0.3, 0.4) is 0 Å². The molecular formula is C16H19FN2O. The molecule has 1 aliphatic carbocycles. The number of nitrogens with zero attached hydrogens (tertiary/aromatic N) is 1. The average molecular weight is 274 g/mol. The Morgan fingerprint density at radius 1 is 1.35 bits per heavy atom. The largest absolute Gasteiger partial charge is 0.310 e. The lowest BCUT2D eigenvalue weighted by molar-refractivity contribution is -0.120. The lowest BCUT2D eigenvalue weighted by Crippen LogP contribution is -2.47. The number of fused-ring (bicyclic) bond motifs is 2. The van der Waals surface area contributed by atoms with E-state index in [4.69, 9.17) is 0 Å². The van der Waals surface area contributed by atoms with Gasteiger partial charge in [0.05, 0.1) is 11.7 Å². The number of anilines is 1. The maximum Gasteiger partial charge on any atom is 0.244 e. The first kappa shape index (κ1) is 12.3. The molecule has 0 bridgehead atoms. The Labute approximate surface area is 118 Å². The Kier molecular flexibility index (Phi) is 2.64. The normalized spacial score (nSPS) is 26.6. The van der Waals surface area contributed by atoms with Crippen LogP contribution in [0.2, 0.25) is 0 Å². The van der Waals surface area contributed by atoms with E-state index in [1.165, 1.54) is 6.07 Å². The van der Waals surface area contributed by atoms with Gasteiger partial charge in [0.1, 0.15) is 5.82 Å². The number of amides is 1. The fraction of sp³-hybridized carbons (Fsp3) is 0.562. The van der Waals surface area contributed by atoms with Gasteiger partial charge >= 0.3 is 0 Å². The van der Waals surface area contributed by atoms with Crippen molar-refractivity contribution in [1.82, 2.24) is 5.32 Å². The summed E-state index contributed by atoms with van der Waals surface area (Å²) >= 11 is 0. The second-order valence-corrected chi connectivity index (χ2v) is 6.34. The molecule has 0 aromatic heterocycles. The molecule has 3 nitrogen and oxygen atoms in total. The van der Waals surface area contributed by atoms with E-state index in [2.05, 4.69) is 5.32 Å². The van der Waals surface area contributed by atoms with Crippen LogP contribution in [-0.2, 0) is 10.2 Å². The van der Waals surface area contributed by atoms with Gasteiger partial charge in [-0.05, 0) is 44.4 Å². The molecule has 1 spiro atoms. The first-order chi connectivity index (χ1) is 9.71. The minimum atomic E-state index is -0.142. The molecule has 0 radical (unpaired) electrons. The van der Waals surface area contributed by atoms with E-state index >= 15 is 0 Å². The molecule has 1 aromatic carbocycles. The number of nitrogens with one attached hydrogen (secondary N) is 1. The Balaban J connectivity index is 1.73. The Bertz CT molecular complexity index is 562. The number of hydrogen-bond acceptors (Lipinski definition) is 2. The van der Waals surface area contributed by atoms with Gasteiger partial charge < -0.3 is 10.2 Å². The molecule has 3 aliphatic rings. The summed E-state index contributed by atoms with van der Waals surface area (Å²) in [5.41, 5.74) is 1.50. The third-order valence-electron chi connectivity index (χ3n) is 5.21. The summed E-state index contributed by atoms with van der Waals surface area (Å²) < 4.78 is 14.3. The van der Waals surface area contributed by atoms with Crippen LogP contribution in [0.4, 0.5) is 10.1 Å². The molecule has 1 saturated heterocycles. The summed E-state index contributed by atoms with van der Waals surface area (Å²) in [6.07, 6.45) is 5.08. The van der Waals surface area contributed by atoms with Crippen molar-refractivity contribution in [3.8, 4) is 0 Å². The molecule has 4 heteroatoms. The number of benzene rings is 1. The number of halogens is 1. The Hall–Kier alpha value is -1.42. The van der Waals surface area contributed by atoms with Crippen molar-refractivity contribution >= 4 is 11.6 Å². The highest BCUT2D eigenvalue weighted by atomic mass is 19.1. The van der Waals surface area contributed by atoms with Crippen LogP contribution >= 0.6 is 0 Å². The van der Waals surface area contributed by atoms with Crippen molar-refractivity contribution < 1.29 is 9.18 Å². The third kappa shape index (κ3) is 1.57. The summed E-state index contributed by atoms with van der Waals surface area (Å²) in [6.45, 7) is 1.58. The van der Waals surface area contributed by atoms with Gasteiger partial charge in [-0.2, -0.15) is 0 Å². The lowest BCUT2D eigenvalue weighted by atomic mass is 9.65. The first-order valence-corrected chi connectivity index (χ1v) is 7.55. The highest BCUT2D eigenvalue weighted by molar-refractivity contribution is 6.00. The summed E-state index contributed by atoms with van der Waals surface area (Å²) in [5.74, 6) is -0.0185.